The summed E-state index contributed by atoms with van der Waals surface area (Å²) < 4.78 is 1.99. The predicted molar refractivity (Wildman–Crippen MR) is 96.1 cm³/mol. The minimum atomic E-state index is -0.381. The molecule has 2 aromatic carbocycles. The number of nitrogens with zero attached hydrogens (tertiary/aromatic N) is 4. The van der Waals surface area contributed by atoms with E-state index in [1.165, 1.54) is 12.5 Å². The molecule has 0 aliphatic carbocycles. The number of aromatic nitrogens is 4. The molecule has 0 radical (unpaired) electrons. The number of hydrogen-bond donors (Lipinski definition) is 1. The number of halogens is 1. The minimum Gasteiger partial charge on any atom is -0.321 e. The summed E-state index contributed by atoms with van der Waals surface area (Å²) in [5, 5.41) is 2.98. The van der Waals surface area contributed by atoms with Crippen LogP contribution in [0.3, 0.4) is 0 Å². The van der Waals surface area contributed by atoms with Gasteiger partial charge in [0.15, 0.2) is 0 Å². The topological polar surface area (TPSA) is 72.7 Å². The van der Waals surface area contributed by atoms with E-state index in [4.69, 9.17) is 11.6 Å². The van der Waals surface area contributed by atoms with Crippen LogP contribution in [0.2, 0.25) is 5.02 Å². The molecule has 4 rings (SSSR count). The summed E-state index contributed by atoms with van der Waals surface area (Å²) in [5.41, 5.74) is 3.69. The summed E-state index contributed by atoms with van der Waals surface area (Å²) in [7, 11) is 0. The fourth-order valence-electron chi connectivity index (χ4n) is 2.54. The van der Waals surface area contributed by atoms with Gasteiger partial charge in [-0.2, -0.15) is 0 Å². The summed E-state index contributed by atoms with van der Waals surface area (Å²) in [5.74, 6) is -0.381. The lowest BCUT2D eigenvalue weighted by atomic mass is 10.2. The Kier molecular flexibility index (Phi) is 3.87. The van der Waals surface area contributed by atoms with Gasteiger partial charge in [0.1, 0.15) is 18.3 Å². The number of anilines is 1. The predicted octanol–water partition coefficient (Wildman–Crippen LogP) is 3.72. The maximum Gasteiger partial charge on any atom is 0.275 e. The number of nitrogens with one attached hydrogen (secondary N) is 1. The molecular weight excluding hydrogens is 338 g/mol. The van der Waals surface area contributed by atoms with Crippen LogP contribution < -0.4 is 5.32 Å². The lowest BCUT2D eigenvalue weighted by Gasteiger charge is -2.08. The van der Waals surface area contributed by atoms with Gasteiger partial charge in [-0.25, -0.2) is 15.0 Å². The Morgan fingerprint density at radius 2 is 1.84 bits per heavy atom. The van der Waals surface area contributed by atoms with E-state index in [1.54, 1.807) is 6.33 Å². The highest BCUT2D eigenvalue weighted by Crippen LogP contribution is 2.20. The highest BCUT2D eigenvalue weighted by atomic mass is 35.5. The maximum absolute atomic E-state index is 12.2. The summed E-state index contributed by atoms with van der Waals surface area (Å²) in [6.45, 7) is 0. The average Bonchev–Trinajstić information content (AvgIpc) is 3.07. The van der Waals surface area contributed by atoms with Crippen LogP contribution in [0, 0.1) is 0 Å². The zero-order chi connectivity index (χ0) is 17.2. The number of rotatable bonds is 3. The Hall–Kier alpha value is -3.25. The van der Waals surface area contributed by atoms with Gasteiger partial charge in [0.2, 0.25) is 0 Å². The normalized spacial score (nSPS) is 10.8. The number of para-hydroxylation sites is 2. The third-order valence-electron chi connectivity index (χ3n) is 3.74. The van der Waals surface area contributed by atoms with Gasteiger partial charge in [0.25, 0.3) is 5.91 Å². The number of imidazole rings is 1. The van der Waals surface area contributed by atoms with Crippen molar-refractivity contribution in [2.45, 2.75) is 0 Å². The molecule has 1 amide bonds. The molecule has 0 saturated heterocycles. The molecule has 7 heteroatoms. The van der Waals surface area contributed by atoms with Crippen molar-refractivity contribution in [3.63, 3.8) is 0 Å². The second kappa shape index (κ2) is 6.33. The standard InChI is InChI=1S/C18H12ClN5O/c19-14-9-20-10-21-17(14)18(25)23-12-5-7-13(8-6-12)24-11-22-15-3-1-2-4-16(15)24/h1-11H,(H,23,25). The molecule has 0 aliphatic heterocycles. The highest BCUT2D eigenvalue weighted by Gasteiger charge is 2.12. The van der Waals surface area contributed by atoms with Crippen molar-refractivity contribution in [3.8, 4) is 5.69 Å². The lowest BCUT2D eigenvalue weighted by molar-refractivity contribution is 0.102. The second-order valence-electron chi connectivity index (χ2n) is 5.32. The molecule has 0 saturated carbocycles. The van der Waals surface area contributed by atoms with Gasteiger partial charge in [-0.15, -0.1) is 0 Å². The molecule has 1 N–H and O–H groups in total. The van der Waals surface area contributed by atoms with Crippen LogP contribution in [-0.4, -0.2) is 25.4 Å². The van der Waals surface area contributed by atoms with Crippen LogP contribution in [-0.2, 0) is 0 Å². The maximum atomic E-state index is 12.2. The quantitative estimate of drug-likeness (QED) is 0.611. The van der Waals surface area contributed by atoms with E-state index in [-0.39, 0.29) is 16.6 Å². The van der Waals surface area contributed by atoms with Crippen molar-refractivity contribution in [1.29, 1.82) is 0 Å². The van der Waals surface area contributed by atoms with Gasteiger partial charge in [-0.05, 0) is 36.4 Å². The first kappa shape index (κ1) is 15.3. The van der Waals surface area contributed by atoms with Crippen LogP contribution in [0.15, 0.2) is 67.4 Å². The number of amides is 1. The van der Waals surface area contributed by atoms with Gasteiger partial charge in [0, 0.05) is 17.6 Å². The number of fused-ring (bicyclic) bond motifs is 1. The van der Waals surface area contributed by atoms with E-state index in [2.05, 4.69) is 20.3 Å². The van der Waals surface area contributed by atoms with E-state index in [0.717, 1.165) is 16.7 Å². The molecule has 0 bridgehead atoms. The van der Waals surface area contributed by atoms with Crippen molar-refractivity contribution in [2.24, 2.45) is 0 Å². The van der Waals surface area contributed by atoms with E-state index in [1.807, 2.05) is 53.1 Å². The average molecular weight is 350 g/mol. The lowest BCUT2D eigenvalue weighted by Crippen LogP contribution is -2.14. The summed E-state index contributed by atoms with van der Waals surface area (Å²) >= 11 is 5.94. The molecule has 0 spiro atoms. The zero-order valence-electron chi connectivity index (χ0n) is 12.9. The van der Waals surface area contributed by atoms with Gasteiger partial charge < -0.3 is 5.32 Å². The van der Waals surface area contributed by atoms with E-state index >= 15 is 0 Å². The molecule has 0 unspecified atom stereocenters. The second-order valence-corrected chi connectivity index (χ2v) is 5.73. The van der Waals surface area contributed by atoms with Crippen molar-refractivity contribution in [1.82, 2.24) is 19.5 Å². The Morgan fingerprint density at radius 1 is 1.04 bits per heavy atom. The monoisotopic (exact) mass is 349 g/mol. The molecule has 4 aromatic rings. The third-order valence-corrected chi connectivity index (χ3v) is 4.02. The number of carbonyl (C=O) groups is 1. The molecule has 0 fully saturated rings. The number of hydrogen-bond acceptors (Lipinski definition) is 4. The smallest absolute Gasteiger partial charge is 0.275 e. The molecular formula is C18H12ClN5O. The van der Waals surface area contributed by atoms with Gasteiger partial charge in [0.05, 0.1) is 16.1 Å². The van der Waals surface area contributed by atoms with Crippen LogP contribution in [0.5, 0.6) is 0 Å². The van der Waals surface area contributed by atoms with E-state index < -0.39 is 0 Å². The van der Waals surface area contributed by atoms with Gasteiger partial charge in [-0.3, -0.25) is 9.36 Å². The first-order valence-corrected chi connectivity index (χ1v) is 7.89. The highest BCUT2D eigenvalue weighted by molar-refractivity contribution is 6.33. The first-order chi connectivity index (χ1) is 12.2. The molecule has 0 atom stereocenters. The Morgan fingerprint density at radius 3 is 2.64 bits per heavy atom. The summed E-state index contributed by atoms with van der Waals surface area (Å²) in [6.07, 6.45) is 4.45. The molecule has 25 heavy (non-hydrogen) atoms. The van der Waals surface area contributed by atoms with Crippen molar-refractivity contribution < 1.29 is 4.79 Å². The van der Waals surface area contributed by atoms with Crippen LogP contribution in [0.1, 0.15) is 10.5 Å². The van der Waals surface area contributed by atoms with E-state index in [9.17, 15) is 4.79 Å². The van der Waals surface area contributed by atoms with Crippen LogP contribution in [0.25, 0.3) is 16.7 Å². The SMILES string of the molecule is O=C(Nc1ccc(-n2cnc3ccccc32)cc1)c1ncncc1Cl. The van der Waals surface area contributed by atoms with Crippen LogP contribution >= 0.6 is 11.6 Å². The van der Waals surface area contributed by atoms with Crippen molar-refractivity contribution in [3.05, 3.63) is 78.1 Å². The van der Waals surface area contributed by atoms with Gasteiger partial charge >= 0.3 is 0 Å². The van der Waals surface area contributed by atoms with Gasteiger partial charge in [-0.1, -0.05) is 23.7 Å². The fraction of sp³-hybridized carbons (Fsp3) is 0. The third kappa shape index (κ3) is 2.95. The molecule has 0 aliphatic rings. The zero-order valence-corrected chi connectivity index (χ0v) is 13.7. The Bertz CT molecular complexity index is 1060. The molecule has 2 heterocycles. The number of benzene rings is 2. The minimum absolute atomic E-state index is 0.140. The Labute approximate surface area is 148 Å². The molecule has 6 nitrogen and oxygen atoms in total. The molecule has 2 aromatic heterocycles. The van der Waals surface area contributed by atoms with E-state index in [0.29, 0.717) is 5.69 Å². The van der Waals surface area contributed by atoms with Crippen molar-refractivity contribution in [2.75, 3.05) is 5.32 Å². The summed E-state index contributed by atoms with van der Waals surface area (Å²) in [4.78, 5) is 24.3. The molecule has 122 valence electrons. The Balaban J connectivity index is 1.58. The fourth-order valence-corrected chi connectivity index (χ4v) is 2.73. The number of carbonyl (C=O) groups excluding carboxylic acids is 1. The summed E-state index contributed by atoms with van der Waals surface area (Å²) in [6, 6.07) is 15.4. The van der Waals surface area contributed by atoms with Crippen LogP contribution in [0.4, 0.5) is 5.69 Å². The first-order valence-electron chi connectivity index (χ1n) is 7.52. The van der Waals surface area contributed by atoms with Crippen molar-refractivity contribution >= 4 is 34.2 Å². The largest absolute Gasteiger partial charge is 0.321 e.